The number of anilines is 1. The van der Waals surface area contributed by atoms with Crippen LogP contribution in [0.4, 0.5) is 19.0 Å². The number of halogens is 3. The molecule has 2 aromatic carbocycles. The molecule has 1 aliphatic heterocycles. The zero-order valence-corrected chi connectivity index (χ0v) is 23.0. The molecule has 1 N–H and O–H groups in total. The zero-order valence-electron chi connectivity index (χ0n) is 23.0. The molecule has 3 aromatic rings. The summed E-state index contributed by atoms with van der Waals surface area (Å²) in [6.45, 7) is 1.60. The van der Waals surface area contributed by atoms with Gasteiger partial charge in [0.25, 0.3) is 5.92 Å². The van der Waals surface area contributed by atoms with Crippen molar-refractivity contribution in [2.24, 2.45) is 0 Å². The van der Waals surface area contributed by atoms with Gasteiger partial charge in [-0.2, -0.15) is 8.78 Å². The van der Waals surface area contributed by atoms with Gasteiger partial charge in [0.15, 0.2) is 0 Å². The van der Waals surface area contributed by atoms with Gasteiger partial charge in [-0.25, -0.2) is 19.2 Å². The second kappa shape index (κ2) is 11.9. The first kappa shape index (κ1) is 29.5. The Morgan fingerprint density at radius 1 is 1.15 bits per heavy atom. The number of rotatable bonds is 10. The van der Waals surface area contributed by atoms with Crippen LogP contribution in [-0.2, 0) is 30.5 Å². The van der Waals surface area contributed by atoms with Crippen molar-refractivity contribution in [1.29, 1.82) is 0 Å². The van der Waals surface area contributed by atoms with Gasteiger partial charge in [-0.3, -0.25) is 0 Å². The summed E-state index contributed by atoms with van der Waals surface area (Å²) in [4.78, 5) is 21.1. The van der Waals surface area contributed by atoms with Crippen molar-refractivity contribution < 1.29 is 41.7 Å². The van der Waals surface area contributed by atoms with Crippen LogP contribution < -0.4 is 10.1 Å². The van der Waals surface area contributed by atoms with Crippen molar-refractivity contribution in [2.75, 3.05) is 53.6 Å². The fourth-order valence-electron chi connectivity index (χ4n) is 4.97. The molecule has 0 aliphatic carbocycles. The predicted octanol–water partition coefficient (Wildman–Crippen LogP) is 5.13. The smallest absolute Gasteiger partial charge is 0.376 e. The molecule has 216 valence electrons. The number of benzene rings is 2. The molecule has 0 unspecified atom stereocenters. The van der Waals surface area contributed by atoms with E-state index in [-0.39, 0.29) is 17.2 Å². The summed E-state index contributed by atoms with van der Waals surface area (Å²) in [5.41, 5.74) is -0.437. The van der Waals surface area contributed by atoms with Crippen LogP contribution in [0.25, 0.3) is 10.9 Å². The van der Waals surface area contributed by atoms with Crippen LogP contribution in [0.2, 0.25) is 0 Å². The molecule has 4 rings (SSSR count). The lowest BCUT2D eigenvalue weighted by Gasteiger charge is -2.37. The molecule has 0 radical (unpaired) electrons. The van der Waals surface area contributed by atoms with Gasteiger partial charge in [0.05, 0.1) is 31.3 Å². The first-order chi connectivity index (χ1) is 19.1. The summed E-state index contributed by atoms with van der Waals surface area (Å²) in [7, 11) is 5.45. The van der Waals surface area contributed by atoms with E-state index < -0.39 is 41.5 Å². The van der Waals surface area contributed by atoms with E-state index in [4.69, 9.17) is 18.9 Å². The van der Waals surface area contributed by atoms with Crippen LogP contribution in [0.15, 0.2) is 30.3 Å². The van der Waals surface area contributed by atoms with Crippen LogP contribution in [0.1, 0.15) is 53.1 Å². The Labute approximate surface area is 229 Å². The number of hydrogen-bond donors (Lipinski definition) is 1. The van der Waals surface area contributed by atoms with Gasteiger partial charge in [-0.1, -0.05) is 12.1 Å². The second-order valence-corrected chi connectivity index (χ2v) is 9.48. The summed E-state index contributed by atoms with van der Waals surface area (Å²) in [5.74, 6) is -4.96. The molecule has 12 heteroatoms. The molecule has 1 fully saturated rings. The first-order valence-electron chi connectivity index (χ1n) is 12.6. The summed E-state index contributed by atoms with van der Waals surface area (Å²) < 4.78 is 71.1. The maximum atomic E-state index is 15.4. The van der Waals surface area contributed by atoms with E-state index in [9.17, 15) is 13.6 Å². The normalized spacial score (nSPS) is 16.0. The SMILES string of the molecule is COCC(F)(F)c1cccc([C@@H](C)Nc2nc(C(=O)OC)nc3cc(OC)c(C4(OC)CCOCC4)cc23)c1F. The lowest BCUT2D eigenvalue weighted by molar-refractivity contribution is -0.0956. The molecule has 0 spiro atoms. The third kappa shape index (κ3) is 5.56. The van der Waals surface area contributed by atoms with E-state index in [2.05, 4.69) is 20.0 Å². The van der Waals surface area contributed by atoms with Crippen molar-refractivity contribution in [3.05, 3.63) is 58.7 Å². The van der Waals surface area contributed by atoms with E-state index in [0.717, 1.165) is 18.7 Å². The topological polar surface area (TPSA) is 101 Å². The van der Waals surface area contributed by atoms with Gasteiger partial charge in [0.1, 0.15) is 29.6 Å². The second-order valence-electron chi connectivity index (χ2n) is 9.48. The molecule has 0 amide bonds. The number of fused-ring (bicyclic) bond motifs is 1. The number of nitrogens with zero attached hydrogens (tertiary/aromatic N) is 2. The molecule has 1 aromatic heterocycles. The first-order valence-corrected chi connectivity index (χ1v) is 12.6. The summed E-state index contributed by atoms with van der Waals surface area (Å²) in [6.07, 6.45) is 1.14. The van der Waals surface area contributed by atoms with E-state index in [1.807, 2.05) is 0 Å². The molecule has 2 heterocycles. The summed E-state index contributed by atoms with van der Waals surface area (Å²) in [5, 5.41) is 3.57. The molecular formula is C28H32F3N3O6. The largest absolute Gasteiger partial charge is 0.496 e. The summed E-state index contributed by atoms with van der Waals surface area (Å²) in [6, 6.07) is 6.41. The molecule has 0 saturated carbocycles. The third-order valence-electron chi connectivity index (χ3n) is 7.14. The number of nitrogens with one attached hydrogen (secondary N) is 1. The Morgan fingerprint density at radius 2 is 1.88 bits per heavy atom. The van der Waals surface area contributed by atoms with Gasteiger partial charge in [0, 0.05) is 62.9 Å². The highest BCUT2D eigenvalue weighted by Crippen LogP contribution is 2.43. The standard InChI is InChI=1S/C28H32F3N3O6/c1-16(17-7-6-8-19(23(17)29)28(30,31)15-36-2)32-24-18-13-20(27(39-5)9-11-40-12-10-27)22(37-3)14-21(18)33-25(34-24)26(35)38-4/h6-8,13-14,16H,9-12,15H2,1-5H3,(H,32,33,34)/t16-/m1/s1. The van der Waals surface area contributed by atoms with E-state index >= 15 is 4.39 Å². The van der Waals surface area contributed by atoms with Crippen molar-refractivity contribution >= 4 is 22.7 Å². The van der Waals surface area contributed by atoms with Crippen molar-refractivity contribution in [3.8, 4) is 5.75 Å². The Bertz CT molecular complexity index is 1380. The molecule has 1 saturated heterocycles. The number of esters is 1. The quantitative estimate of drug-likeness (QED) is 0.337. The van der Waals surface area contributed by atoms with Gasteiger partial charge in [-0.05, 0) is 19.1 Å². The number of aromatic nitrogens is 2. The average molecular weight is 564 g/mol. The molecule has 40 heavy (non-hydrogen) atoms. The minimum atomic E-state index is -3.53. The number of alkyl halides is 2. The molecule has 1 aliphatic rings. The maximum absolute atomic E-state index is 15.4. The number of carbonyl (C=O) groups excluding carboxylic acids is 1. The molecule has 9 nitrogen and oxygen atoms in total. The monoisotopic (exact) mass is 563 g/mol. The minimum absolute atomic E-state index is 0.0221. The van der Waals surface area contributed by atoms with Crippen LogP contribution >= 0.6 is 0 Å². The number of carbonyl (C=O) groups is 1. The Hall–Kier alpha value is -3.48. The van der Waals surface area contributed by atoms with Crippen molar-refractivity contribution in [3.63, 3.8) is 0 Å². The van der Waals surface area contributed by atoms with Crippen LogP contribution in [0, 0.1) is 5.82 Å². The molecule has 1 atom stereocenters. The van der Waals surface area contributed by atoms with Crippen LogP contribution in [-0.4, -0.2) is 64.2 Å². The van der Waals surface area contributed by atoms with Gasteiger partial charge in [0.2, 0.25) is 5.82 Å². The highest BCUT2D eigenvalue weighted by molar-refractivity contribution is 5.95. The van der Waals surface area contributed by atoms with E-state index in [1.165, 1.54) is 26.4 Å². The lowest BCUT2D eigenvalue weighted by Crippen LogP contribution is -2.36. The van der Waals surface area contributed by atoms with Gasteiger partial charge >= 0.3 is 5.97 Å². The van der Waals surface area contributed by atoms with E-state index in [1.54, 1.807) is 26.2 Å². The molecule has 0 bridgehead atoms. The Balaban J connectivity index is 1.86. The van der Waals surface area contributed by atoms with Crippen molar-refractivity contribution in [1.82, 2.24) is 9.97 Å². The fraction of sp³-hybridized carbons (Fsp3) is 0.464. The lowest BCUT2D eigenvalue weighted by atomic mass is 9.84. The number of hydrogen-bond acceptors (Lipinski definition) is 9. The minimum Gasteiger partial charge on any atom is -0.496 e. The number of methoxy groups -OCH3 is 4. The summed E-state index contributed by atoms with van der Waals surface area (Å²) >= 11 is 0. The number of ether oxygens (including phenoxy) is 5. The van der Waals surface area contributed by atoms with Crippen LogP contribution in [0.5, 0.6) is 5.75 Å². The third-order valence-corrected chi connectivity index (χ3v) is 7.14. The van der Waals surface area contributed by atoms with Crippen molar-refractivity contribution in [2.45, 2.75) is 37.3 Å². The van der Waals surface area contributed by atoms with Gasteiger partial charge < -0.3 is 29.0 Å². The predicted molar refractivity (Wildman–Crippen MR) is 140 cm³/mol. The fourth-order valence-corrected chi connectivity index (χ4v) is 4.97. The average Bonchev–Trinajstić information content (AvgIpc) is 2.96. The zero-order chi connectivity index (χ0) is 29.1. The van der Waals surface area contributed by atoms with Crippen LogP contribution in [0.3, 0.4) is 0 Å². The van der Waals surface area contributed by atoms with Gasteiger partial charge in [-0.15, -0.1) is 0 Å². The maximum Gasteiger partial charge on any atom is 0.376 e. The Kier molecular flexibility index (Phi) is 8.81. The Morgan fingerprint density at radius 3 is 2.50 bits per heavy atom. The van der Waals surface area contributed by atoms with E-state index in [0.29, 0.717) is 42.7 Å². The highest BCUT2D eigenvalue weighted by Gasteiger charge is 2.38. The highest BCUT2D eigenvalue weighted by atomic mass is 19.3. The molecular weight excluding hydrogens is 531 g/mol.